The van der Waals surface area contributed by atoms with Gasteiger partial charge < -0.3 is 20.5 Å². The lowest BCUT2D eigenvalue weighted by Crippen LogP contribution is -2.43. The Labute approximate surface area is 189 Å². The van der Waals surface area contributed by atoms with Gasteiger partial charge in [0, 0.05) is 54.7 Å². The van der Waals surface area contributed by atoms with Crippen molar-refractivity contribution in [2.75, 3.05) is 36.4 Å². The number of likely N-dealkylation sites (tertiary alicyclic amines) is 1. The molecule has 8 nitrogen and oxygen atoms in total. The Bertz CT molecular complexity index is 1210. The van der Waals surface area contributed by atoms with Crippen LogP contribution < -0.4 is 15.5 Å². The van der Waals surface area contributed by atoms with Crippen molar-refractivity contribution >= 4 is 40.1 Å². The van der Waals surface area contributed by atoms with E-state index in [1.807, 2.05) is 6.20 Å². The van der Waals surface area contributed by atoms with Crippen molar-refractivity contribution in [3.05, 3.63) is 60.0 Å². The molecule has 2 aliphatic heterocycles. The van der Waals surface area contributed by atoms with Crippen molar-refractivity contribution in [1.82, 2.24) is 15.2 Å². The number of nitrogens with zero attached hydrogens (tertiary/aromatic N) is 2. The van der Waals surface area contributed by atoms with Crippen LogP contribution in [0.25, 0.3) is 10.9 Å². The number of hydrogen-bond acceptors (Lipinski definition) is 3. The number of benzene rings is 2. The molecular weight excluding hydrogens is 425 g/mol. The number of hydrogen-bond donors (Lipinski definition) is 3. The number of amides is 4. The van der Waals surface area contributed by atoms with Crippen LogP contribution in [0, 0.1) is 5.82 Å². The van der Waals surface area contributed by atoms with Crippen LogP contribution in [0.2, 0.25) is 0 Å². The van der Waals surface area contributed by atoms with Crippen molar-refractivity contribution in [3.63, 3.8) is 0 Å². The average molecular weight is 449 g/mol. The van der Waals surface area contributed by atoms with Crippen LogP contribution in [0.4, 0.5) is 20.6 Å². The van der Waals surface area contributed by atoms with E-state index in [2.05, 4.69) is 15.6 Å². The Morgan fingerprint density at radius 1 is 1.03 bits per heavy atom. The van der Waals surface area contributed by atoms with Gasteiger partial charge in [0.2, 0.25) is 0 Å². The number of urea groups is 1. The molecule has 170 valence electrons. The number of anilines is 2. The number of piperidine rings is 1. The van der Waals surface area contributed by atoms with E-state index in [4.69, 9.17) is 0 Å². The van der Waals surface area contributed by atoms with Crippen molar-refractivity contribution in [1.29, 1.82) is 0 Å². The molecule has 1 aromatic heterocycles. The lowest BCUT2D eigenvalue weighted by molar-refractivity contribution is -0.143. The van der Waals surface area contributed by atoms with Gasteiger partial charge in [-0.05, 0) is 66.8 Å². The van der Waals surface area contributed by atoms with E-state index in [1.54, 1.807) is 40.1 Å². The van der Waals surface area contributed by atoms with Gasteiger partial charge >= 0.3 is 17.8 Å². The molecule has 2 fully saturated rings. The van der Waals surface area contributed by atoms with Gasteiger partial charge in [-0.3, -0.25) is 14.5 Å². The summed E-state index contributed by atoms with van der Waals surface area (Å²) in [6.07, 6.45) is 3.38. The molecular formula is C24H24FN5O3. The third-order valence-corrected chi connectivity index (χ3v) is 6.39. The Hall–Kier alpha value is -3.88. The SMILES string of the molecule is O=C(Nc1ccc(N2CCNC2=O)cc1)C(=O)N1CCC(c2c[nH]c3cc(F)ccc23)CC1. The topological polar surface area (TPSA) is 97.5 Å². The summed E-state index contributed by atoms with van der Waals surface area (Å²) in [5.41, 5.74) is 3.11. The predicted molar refractivity (Wildman–Crippen MR) is 123 cm³/mol. The lowest BCUT2D eigenvalue weighted by Gasteiger charge is -2.31. The van der Waals surface area contributed by atoms with E-state index in [-0.39, 0.29) is 17.8 Å². The summed E-state index contributed by atoms with van der Waals surface area (Å²) in [6, 6.07) is 11.4. The fraction of sp³-hybridized carbons (Fsp3) is 0.292. The number of carbonyl (C=O) groups excluding carboxylic acids is 3. The molecule has 9 heteroatoms. The molecule has 33 heavy (non-hydrogen) atoms. The summed E-state index contributed by atoms with van der Waals surface area (Å²) in [4.78, 5) is 43.2. The normalized spacial score (nSPS) is 16.8. The van der Waals surface area contributed by atoms with E-state index in [1.165, 1.54) is 12.1 Å². The number of carbonyl (C=O) groups is 3. The van der Waals surface area contributed by atoms with E-state index in [0.29, 0.717) is 31.9 Å². The first kappa shape index (κ1) is 21.0. The molecule has 3 heterocycles. The smallest absolute Gasteiger partial charge is 0.321 e. The van der Waals surface area contributed by atoms with E-state index in [9.17, 15) is 18.8 Å². The second-order valence-corrected chi connectivity index (χ2v) is 8.38. The molecule has 0 spiro atoms. The Balaban J connectivity index is 1.17. The monoisotopic (exact) mass is 449 g/mol. The standard InChI is InChI=1S/C24H24FN5O3/c25-16-1-6-19-20(14-27-21(19)13-16)15-7-10-29(11-8-15)23(32)22(31)28-17-2-4-18(5-3-17)30-12-9-26-24(30)33/h1-6,13-15,27H,7-12H2,(H,26,33)(H,28,31). The maximum absolute atomic E-state index is 13.4. The van der Waals surface area contributed by atoms with Crippen LogP contribution in [0.5, 0.6) is 0 Å². The van der Waals surface area contributed by atoms with Crippen LogP contribution in [-0.4, -0.2) is 53.9 Å². The average Bonchev–Trinajstić information content (AvgIpc) is 3.45. The fourth-order valence-corrected chi connectivity index (χ4v) is 4.62. The second kappa shape index (κ2) is 8.57. The molecule has 0 bridgehead atoms. The van der Waals surface area contributed by atoms with E-state index >= 15 is 0 Å². The second-order valence-electron chi connectivity index (χ2n) is 8.38. The summed E-state index contributed by atoms with van der Waals surface area (Å²) in [6.45, 7) is 2.15. The molecule has 4 amide bonds. The number of aromatic nitrogens is 1. The first-order valence-corrected chi connectivity index (χ1v) is 11.0. The first-order valence-electron chi connectivity index (χ1n) is 11.0. The van der Waals surface area contributed by atoms with Crippen molar-refractivity contribution in [2.24, 2.45) is 0 Å². The van der Waals surface area contributed by atoms with Crippen LogP contribution in [0.3, 0.4) is 0 Å². The summed E-state index contributed by atoms with van der Waals surface area (Å²) < 4.78 is 13.4. The minimum absolute atomic E-state index is 0.148. The fourth-order valence-electron chi connectivity index (χ4n) is 4.62. The third-order valence-electron chi connectivity index (χ3n) is 6.39. The quantitative estimate of drug-likeness (QED) is 0.536. The highest BCUT2D eigenvalue weighted by molar-refractivity contribution is 6.39. The van der Waals surface area contributed by atoms with Gasteiger partial charge in [-0.2, -0.15) is 0 Å². The van der Waals surface area contributed by atoms with Gasteiger partial charge in [-0.15, -0.1) is 0 Å². The Morgan fingerprint density at radius 2 is 1.79 bits per heavy atom. The zero-order valence-electron chi connectivity index (χ0n) is 17.9. The summed E-state index contributed by atoms with van der Waals surface area (Å²) in [5.74, 6) is -1.27. The number of fused-ring (bicyclic) bond motifs is 1. The number of halogens is 1. The highest BCUT2D eigenvalue weighted by Crippen LogP contribution is 2.33. The molecule has 0 unspecified atom stereocenters. The van der Waals surface area contributed by atoms with Crippen LogP contribution >= 0.6 is 0 Å². The molecule has 2 aliphatic rings. The number of nitrogens with one attached hydrogen (secondary N) is 3. The maximum atomic E-state index is 13.4. The van der Waals surface area contributed by atoms with Gasteiger partial charge in [0.25, 0.3) is 0 Å². The van der Waals surface area contributed by atoms with Gasteiger partial charge in [0.05, 0.1) is 0 Å². The molecule has 3 aromatic rings. The number of H-pyrrole nitrogens is 1. The zero-order chi connectivity index (χ0) is 22.9. The number of aromatic amines is 1. The van der Waals surface area contributed by atoms with Crippen LogP contribution in [0.15, 0.2) is 48.7 Å². The lowest BCUT2D eigenvalue weighted by atomic mass is 9.89. The molecule has 2 saturated heterocycles. The third kappa shape index (κ3) is 4.13. The van der Waals surface area contributed by atoms with Gasteiger partial charge in [0.15, 0.2) is 0 Å². The van der Waals surface area contributed by atoms with Crippen LogP contribution in [0.1, 0.15) is 24.3 Å². The van der Waals surface area contributed by atoms with E-state index in [0.717, 1.165) is 35.0 Å². The summed E-state index contributed by atoms with van der Waals surface area (Å²) in [7, 11) is 0. The highest BCUT2D eigenvalue weighted by Gasteiger charge is 2.29. The Kier molecular flexibility index (Phi) is 5.45. The largest absolute Gasteiger partial charge is 0.361 e. The minimum atomic E-state index is -0.678. The van der Waals surface area contributed by atoms with Gasteiger partial charge in [-0.1, -0.05) is 0 Å². The van der Waals surface area contributed by atoms with Crippen molar-refractivity contribution < 1.29 is 18.8 Å². The van der Waals surface area contributed by atoms with Gasteiger partial charge in [-0.25, -0.2) is 9.18 Å². The van der Waals surface area contributed by atoms with Crippen molar-refractivity contribution in [2.45, 2.75) is 18.8 Å². The van der Waals surface area contributed by atoms with E-state index < -0.39 is 11.8 Å². The minimum Gasteiger partial charge on any atom is -0.361 e. The maximum Gasteiger partial charge on any atom is 0.321 e. The highest BCUT2D eigenvalue weighted by atomic mass is 19.1. The summed E-state index contributed by atoms with van der Waals surface area (Å²) in [5, 5.41) is 6.38. The molecule has 0 atom stereocenters. The summed E-state index contributed by atoms with van der Waals surface area (Å²) >= 11 is 0. The molecule has 0 aliphatic carbocycles. The predicted octanol–water partition coefficient (Wildman–Crippen LogP) is 3.18. The first-order chi connectivity index (χ1) is 16.0. The molecule has 0 radical (unpaired) electrons. The molecule has 0 saturated carbocycles. The zero-order valence-corrected chi connectivity index (χ0v) is 17.9. The van der Waals surface area contributed by atoms with Crippen molar-refractivity contribution in [3.8, 4) is 0 Å². The molecule has 5 rings (SSSR count). The van der Waals surface area contributed by atoms with Crippen LogP contribution in [-0.2, 0) is 9.59 Å². The molecule has 2 aromatic carbocycles. The molecule has 3 N–H and O–H groups in total. The number of rotatable bonds is 3. The Morgan fingerprint density at radius 3 is 2.48 bits per heavy atom. The van der Waals surface area contributed by atoms with Gasteiger partial charge in [0.1, 0.15) is 5.82 Å².